The first-order valence-electron chi connectivity index (χ1n) is 8.26. The Kier molecular flexibility index (Phi) is 3.53. The van der Waals surface area contributed by atoms with E-state index in [-0.39, 0.29) is 11.9 Å². The molecule has 4 rings (SSSR count). The van der Waals surface area contributed by atoms with Gasteiger partial charge in [0.2, 0.25) is 0 Å². The van der Waals surface area contributed by atoms with Crippen LogP contribution in [0.25, 0.3) is 10.9 Å². The number of ether oxygens (including phenoxy) is 1. The van der Waals surface area contributed by atoms with Crippen LogP contribution in [0.1, 0.15) is 17.7 Å². The molecule has 1 saturated heterocycles. The van der Waals surface area contributed by atoms with E-state index in [0.717, 1.165) is 48.0 Å². The first-order chi connectivity index (χ1) is 11.7. The standard InChI is InChI=1S/C19H20N2O3/c1-24-18(23)19-11-13(5-4-10-22)12-21(19)9-8-16-17(19)14-6-2-3-7-15(14)20-16/h2-7,10,13,20H,8-9,11-12H2,1H3/b5-4+/t13-,19+/m0/s1. The topological polar surface area (TPSA) is 62.4 Å². The monoisotopic (exact) mass is 324 g/mol. The van der Waals surface area contributed by atoms with Crippen LogP contribution in [0, 0.1) is 5.92 Å². The summed E-state index contributed by atoms with van der Waals surface area (Å²) < 4.78 is 5.23. The van der Waals surface area contributed by atoms with Crippen LogP contribution in [-0.2, 0) is 26.3 Å². The van der Waals surface area contributed by atoms with E-state index >= 15 is 0 Å². The molecular formula is C19H20N2O3. The summed E-state index contributed by atoms with van der Waals surface area (Å²) in [7, 11) is 1.45. The Morgan fingerprint density at radius 2 is 2.25 bits per heavy atom. The second kappa shape index (κ2) is 5.60. The maximum atomic E-state index is 12.9. The van der Waals surface area contributed by atoms with Crippen molar-refractivity contribution < 1.29 is 14.3 Å². The molecule has 0 spiro atoms. The lowest BCUT2D eigenvalue weighted by molar-refractivity contribution is -0.155. The number of nitrogens with zero attached hydrogens (tertiary/aromatic N) is 1. The number of carbonyl (C=O) groups is 2. The van der Waals surface area contributed by atoms with Gasteiger partial charge in [0, 0.05) is 41.7 Å². The van der Waals surface area contributed by atoms with Crippen molar-refractivity contribution in [1.29, 1.82) is 0 Å². The van der Waals surface area contributed by atoms with Gasteiger partial charge in [-0.15, -0.1) is 0 Å². The van der Waals surface area contributed by atoms with Gasteiger partial charge in [0.05, 0.1) is 7.11 Å². The number of aldehydes is 1. The molecule has 0 saturated carbocycles. The number of aromatic nitrogens is 1. The van der Waals surface area contributed by atoms with Crippen molar-refractivity contribution in [2.24, 2.45) is 5.92 Å². The Morgan fingerprint density at radius 3 is 3.04 bits per heavy atom. The summed E-state index contributed by atoms with van der Waals surface area (Å²) in [6.07, 6.45) is 5.75. The average Bonchev–Trinajstić information content (AvgIpc) is 3.17. The van der Waals surface area contributed by atoms with E-state index in [9.17, 15) is 9.59 Å². The number of esters is 1. The third kappa shape index (κ3) is 1.97. The molecule has 2 atom stereocenters. The molecule has 2 aliphatic rings. The predicted molar refractivity (Wildman–Crippen MR) is 90.6 cm³/mol. The number of H-pyrrole nitrogens is 1. The van der Waals surface area contributed by atoms with Crippen molar-refractivity contribution >= 4 is 23.2 Å². The van der Waals surface area contributed by atoms with Crippen LogP contribution in [0.3, 0.4) is 0 Å². The number of rotatable bonds is 3. The smallest absolute Gasteiger partial charge is 0.331 e. The molecule has 0 bridgehead atoms. The third-order valence-electron chi connectivity index (χ3n) is 5.37. The molecule has 1 fully saturated rings. The van der Waals surface area contributed by atoms with Gasteiger partial charge in [0.15, 0.2) is 0 Å². The lowest BCUT2D eigenvalue weighted by atomic mass is 9.80. The fourth-order valence-corrected chi connectivity index (χ4v) is 4.47. The zero-order chi connectivity index (χ0) is 16.7. The summed E-state index contributed by atoms with van der Waals surface area (Å²) >= 11 is 0. The number of hydrogen-bond acceptors (Lipinski definition) is 4. The highest BCUT2D eigenvalue weighted by molar-refractivity contribution is 5.94. The lowest BCUT2D eigenvalue weighted by Crippen LogP contribution is -2.52. The Balaban J connectivity index is 1.92. The summed E-state index contributed by atoms with van der Waals surface area (Å²) in [5.74, 6) is -0.0517. The Bertz CT molecular complexity index is 838. The highest BCUT2D eigenvalue weighted by atomic mass is 16.5. The SMILES string of the molecule is COC(=O)[C@]12C[C@H](/C=C/C=O)CN1CCc1[nH]c3ccccc3c12. The van der Waals surface area contributed by atoms with Gasteiger partial charge < -0.3 is 9.72 Å². The molecule has 124 valence electrons. The number of allylic oxidation sites excluding steroid dienone is 1. The number of benzene rings is 1. The number of aromatic amines is 1. The van der Waals surface area contributed by atoms with E-state index in [4.69, 9.17) is 4.74 Å². The van der Waals surface area contributed by atoms with Crippen LogP contribution in [0.2, 0.25) is 0 Å². The van der Waals surface area contributed by atoms with Crippen LogP contribution < -0.4 is 0 Å². The van der Waals surface area contributed by atoms with Crippen molar-refractivity contribution in [3.63, 3.8) is 0 Å². The molecule has 0 amide bonds. The number of methoxy groups -OCH3 is 1. The van der Waals surface area contributed by atoms with Gasteiger partial charge in [-0.25, -0.2) is 4.79 Å². The number of nitrogens with one attached hydrogen (secondary N) is 1. The maximum Gasteiger partial charge on any atom is 0.331 e. The molecule has 1 aromatic carbocycles. The first-order valence-corrected chi connectivity index (χ1v) is 8.26. The zero-order valence-electron chi connectivity index (χ0n) is 13.6. The van der Waals surface area contributed by atoms with E-state index in [0.29, 0.717) is 6.42 Å². The van der Waals surface area contributed by atoms with E-state index in [1.807, 2.05) is 24.3 Å². The van der Waals surface area contributed by atoms with E-state index in [1.54, 1.807) is 0 Å². The number of hydrogen-bond donors (Lipinski definition) is 1. The van der Waals surface area contributed by atoms with Crippen LogP contribution in [0.5, 0.6) is 0 Å². The van der Waals surface area contributed by atoms with Crippen LogP contribution in [0.15, 0.2) is 36.4 Å². The molecule has 0 radical (unpaired) electrons. The quantitative estimate of drug-likeness (QED) is 0.534. The van der Waals surface area contributed by atoms with Crippen molar-refractivity contribution in [3.8, 4) is 0 Å². The van der Waals surface area contributed by atoms with Gasteiger partial charge >= 0.3 is 5.97 Å². The minimum Gasteiger partial charge on any atom is -0.467 e. The largest absolute Gasteiger partial charge is 0.467 e. The maximum absolute atomic E-state index is 12.9. The minimum absolute atomic E-state index is 0.161. The highest BCUT2D eigenvalue weighted by Gasteiger charge is 2.56. The Hall–Kier alpha value is -2.40. The van der Waals surface area contributed by atoms with E-state index in [1.165, 1.54) is 13.2 Å². The van der Waals surface area contributed by atoms with Gasteiger partial charge in [-0.3, -0.25) is 9.69 Å². The van der Waals surface area contributed by atoms with Gasteiger partial charge in [0.1, 0.15) is 11.8 Å². The molecule has 2 aromatic rings. The normalized spacial score (nSPS) is 26.5. The Labute approximate surface area is 140 Å². The van der Waals surface area contributed by atoms with E-state index in [2.05, 4.69) is 16.0 Å². The molecular weight excluding hydrogens is 304 g/mol. The summed E-state index contributed by atoms with van der Waals surface area (Å²) in [6, 6.07) is 8.10. The fourth-order valence-electron chi connectivity index (χ4n) is 4.47. The number of fused-ring (bicyclic) bond motifs is 5. The molecule has 24 heavy (non-hydrogen) atoms. The van der Waals surface area contributed by atoms with Crippen LogP contribution >= 0.6 is 0 Å². The Morgan fingerprint density at radius 1 is 1.42 bits per heavy atom. The molecule has 1 aromatic heterocycles. The molecule has 0 aliphatic carbocycles. The second-order valence-corrected chi connectivity index (χ2v) is 6.56. The lowest BCUT2D eigenvalue weighted by Gasteiger charge is -2.40. The first kappa shape index (κ1) is 15.1. The molecule has 2 aliphatic heterocycles. The molecule has 5 heteroatoms. The number of para-hydroxylation sites is 1. The molecule has 5 nitrogen and oxygen atoms in total. The molecule has 1 N–H and O–H groups in total. The van der Waals surface area contributed by atoms with Crippen LogP contribution in [-0.4, -0.2) is 42.3 Å². The van der Waals surface area contributed by atoms with Gasteiger partial charge in [-0.1, -0.05) is 24.3 Å². The zero-order valence-corrected chi connectivity index (χ0v) is 13.6. The number of carbonyl (C=O) groups excluding carboxylic acids is 2. The third-order valence-corrected chi connectivity index (χ3v) is 5.37. The van der Waals surface area contributed by atoms with Gasteiger partial charge in [0.25, 0.3) is 0 Å². The predicted octanol–water partition coefficient (Wildman–Crippen LogP) is 2.17. The van der Waals surface area contributed by atoms with Gasteiger partial charge in [-0.05, 0) is 24.5 Å². The van der Waals surface area contributed by atoms with E-state index < -0.39 is 5.54 Å². The summed E-state index contributed by atoms with van der Waals surface area (Å²) in [5.41, 5.74) is 2.47. The molecule has 0 unspecified atom stereocenters. The average molecular weight is 324 g/mol. The second-order valence-electron chi connectivity index (χ2n) is 6.56. The fraction of sp³-hybridized carbons (Fsp3) is 0.368. The summed E-state index contributed by atoms with van der Waals surface area (Å²) in [5, 5.41) is 1.09. The summed E-state index contributed by atoms with van der Waals surface area (Å²) in [4.78, 5) is 29.3. The van der Waals surface area contributed by atoms with Crippen LogP contribution in [0.4, 0.5) is 0 Å². The van der Waals surface area contributed by atoms with Gasteiger partial charge in [-0.2, -0.15) is 0 Å². The van der Waals surface area contributed by atoms with Crippen molar-refractivity contribution in [2.75, 3.05) is 20.2 Å². The van der Waals surface area contributed by atoms with Crippen molar-refractivity contribution in [2.45, 2.75) is 18.4 Å². The van der Waals surface area contributed by atoms with Crippen molar-refractivity contribution in [3.05, 3.63) is 47.7 Å². The highest BCUT2D eigenvalue weighted by Crippen LogP contribution is 2.49. The van der Waals surface area contributed by atoms with Crippen molar-refractivity contribution in [1.82, 2.24) is 9.88 Å². The molecule has 3 heterocycles. The minimum atomic E-state index is -0.764. The summed E-state index contributed by atoms with van der Waals surface area (Å²) in [6.45, 7) is 1.57.